The van der Waals surface area contributed by atoms with Crippen molar-refractivity contribution in [3.63, 3.8) is 0 Å². The molecule has 4 bridgehead atoms. The van der Waals surface area contributed by atoms with Crippen molar-refractivity contribution in [3.05, 3.63) is 42.7 Å². The number of aromatic nitrogens is 3. The number of imidazole rings is 1. The molecule has 7 heteroatoms. The molecule has 0 aliphatic carbocycles. The van der Waals surface area contributed by atoms with Crippen LogP contribution in [0.2, 0.25) is 0 Å². The average molecular weight is 362 g/mol. The molecule has 7 nitrogen and oxygen atoms in total. The average Bonchev–Trinajstić information content (AvgIpc) is 3.32. The maximum atomic E-state index is 12.4. The van der Waals surface area contributed by atoms with Crippen LogP contribution in [0.4, 0.5) is 5.82 Å². The van der Waals surface area contributed by atoms with Gasteiger partial charge in [-0.05, 0) is 31.0 Å². The molecule has 2 atom stereocenters. The number of rotatable bonds is 0. The Morgan fingerprint density at radius 1 is 1.15 bits per heavy atom. The van der Waals surface area contributed by atoms with Crippen molar-refractivity contribution in [1.82, 2.24) is 25.2 Å². The fraction of sp³-hybridized carbons (Fsp3) is 0.350. The van der Waals surface area contributed by atoms with Gasteiger partial charge in [0.05, 0.1) is 29.1 Å². The van der Waals surface area contributed by atoms with Gasteiger partial charge >= 0.3 is 0 Å². The second kappa shape index (κ2) is 6.66. The number of hydrogen-bond acceptors (Lipinski definition) is 5. The first-order valence-electron chi connectivity index (χ1n) is 9.47. The Morgan fingerprint density at radius 3 is 3.04 bits per heavy atom. The predicted molar refractivity (Wildman–Crippen MR) is 104 cm³/mol. The predicted octanol–water partition coefficient (Wildman–Crippen LogP) is 1.76. The third kappa shape index (κ3) is 3.04. The molecular weight excluding hydrogens is 340 g/mol. The lowest BCUT2D eigenvalue weighted by Crippen LogP contribution is -2.40. The lowest BCUT2D eigenvalue weighted by molar-refractivity contribution is -0.122. The molecule has 2 aliphatic rings. The van der Waals surface area contributed by atoms with Gasteiger partial charge in [-0.15, -0.1) is 0 Å². The SMILES string of the molecule is O=C1NCCCn2cnc3cccc(c32)-c2cccc(n2)NC2CNC1C2. The van der Waals surface area contributed by atoms with E-state index in [1.54, 1.807) is 0 Å². The Balaban J connectivity index is 1.59. The second-order valence-corrected chi connectivity index (χ2v) is 7.20. The van der Waals surface area contributed by atoms with Gasteiger partial charge in [0.15, 0.2) is 0 Å². The highest BCUT2D eigenvalue weighted by Crippen LogP contribution is 2.28. The molecule has 1 aromatic carbocycles. The number of pyridine rings is 1. The van der Waals surface area contributed by atoms with Crippen molar-refractivity contribution in [3.8, 4) is 11.3 Å². The summed E-state index contributed by atoms with van der Waals surface area (Å²) in [5, 5.41) is 9.84. The molecule has 2 aromatic heterocycles. The number of aryl methyl sites for hydroxylation is 1. The number of amides is 1. The molecule has 0 radical (unpaired) electrons. The Bertz CT molecular complexity index is 997. The Labute approximate surface area is 157 Å². The van der Waals surface area contributed by atoms with E-state index < -0.39 is 0 Å². The van der Waals surface area contributed by atoms with E-state index in [9.17, 15) is 4.79 Å². The lowest BCUT2D eigenvalue weighted by Gasteiger charge is -2.14. The maximum absolute atomic E-state index is 12.4. The molecule has 3 N–H and O–H groups in total. The van der Waals surface area contributed by atoms with E-state index >= 15 is 0 Å². The van der Waals surface area contributed by atoms with Crippen LogP contribution in [0.5, 0.6) is 0 Å². The highest BCUT2D eigenvalue weighted by molar-refractivity contribution is 5.91. The maximum Gasteiger partial charge on any atom is 0.237 e. The minimum atomic E-state index is -0.145. The van der Waals surface area contributed by atoms with Crippen molar-refractivity contribution in [1.29, 1.82) is 0 Å². The zero-order valence-electron chi connectivity index (χ0n) is 15.0. The van der Waals surface area contributed by atoms with E-state index in [1.807, 2.05) is 36.7 Å². The van der Waals surface area contributed by atoms with Gasteiger partial charge in [-0.1, -0.05) is 18.2 Å². The standard InChI is InChI=1S/C20H22N6O/c27-20-17-10-13(11-22-17)24-18-7-2-5-15(25-18)14-4-1-6-16-19(14)26(12-23-16)9-3-8-21-20/h1-2,4-7,12-13,17,22H,3,8-11H2,(H,21,27)(H,24,25). The number of nitrogens with zero attached hydrogens (tertiary/aromatic N) is 3. The normalized spacial score (nSPS) is 22.6. The van der Waals surface area contributed by atoms with Gasteiger partial charge < -0.3 is 20.5 Å². The molecular formula is C20H22N6O. The fourth-order valence-electron chi connectivity index (χ4n) is 4.01. The summed E-state index contributed by atoms with van der Waals surface area (Å²) in [6.45, 7) is 2.21. The van der Waals surface area contributed by atoms with E-state index in [-0.39, 0.29) is 18.0 Å². The quantitative estimate of drug-likeness (QED) is 0.568. The highest BCUT2D eigenvalue weighted by Gasteiger charge is 2.29. The molecule has 4 heterocycles. The molecule has 3 aromatic rings. The number of hydrogen-bond donors (Lipinski definition) is 3. The van der Waals surface area contributed by atoms with Crippen molar-refractivity contribution >= 4 is 22.8 Å². The second-order valence-electron chi connectivity index (χ2n) is 7.20. The number of para-hydroxylation sites is 1. The highest BCUT2D eigenvalue weighted by atomic mass is 16.2. The van der Waals surface area contributed by atoms with E-state index in [1.165, 1.54) is 0 Å². The van der Waals surface area contributed by atoms with Gasteiger partial charge in [-0.2, -0.15) is 0 Å². The lowest BCUT2D eigenvalue weighted by atomic mass is 10.1. The summed E-state index contributed by atoms with van der Waals surface area (Å²) in [5.74, 6) is 0.908. The van der Waals surface area contributed by atoms with Crippen molar-refractivity contribution < 1.29 is 4.79 Å². The van der Waals surface area contributed by atoms with Gasteiger partial charge in [-0.3, -0.25) is 4.79 Å². The van der Waals surface area contributed by atoms with Gasteiger partial charge in [0.25, 0.3) is 0 Å². The van der Waals surface area contributed by atoms with Gasteiger partial charge in [-0.25, -0.2) is 9.97 Å². The third-order valence-electron chi connectivity index (χ3n) is 5.34. The zero-order valence-corrected chi connectivity index (χ0v) is 15.0. The Hall–Kier alpha value is -2.93. The number of fused-ring (bicyclic) bond motifs is 5. The summed E-state index contributed by atoms with van der Waals surface area (Å²) in [6, 6.07) is 12.2. The molecule has 27 heavy (non-hydrogen) atoms. The van der Waals surface area contributed by atoms with Crippen LogP contribution in [-0.2, 0) is 11.3 Å². The number of anilines is 1. The zero-order chi connectivity index (χ0) is 18.2. The van der Waals surface area contributed by atoms with Gasteiger partial charge in [0.2, 0.25) is 5.91 Å². The van der Waals surface area contributed by atoms with E-state index in [2.05, 4.69) is 31.6 Å². The molecule has 1 amide bonds. The monoisotopic (exact) mass is 362 g/mol. The van der Waals surface area contributed by atoms with Gasteiger partial charge in [0, 0.05) is 31.2 Å². The summed E-state index contributed by atoms with van der Waals surface area (Å²) in [4.78, 5) is 21.8. The first-order valence-corrected chi connectivity index (χ1v) is 9.47. The van der Waals surface area contributed by atoms with Gasteiger partial charge in [0.1, 0.15) is 5.82 Å². The largest absolute Gasteiger partial charge is 0.366 e. The van der Waals surface area contributed by atoms with E-state index in [0.29, 0.717) is 6.54 Å². The summed E-state index contributed by atoms with van der Waals surface area (Å²) in [6.07, 6.45) is 3.49. The summed E-state index contributed by atoms with van der Waals surface area (Å²) >= 11 is 0. The molecule has 0 spiro atoms. The molecule has 138 valence electrons. The molecule has 2 unspecified atom stereocenters. The van der Waals surface area contributed by atoms with E-state index in [4.69, 9.17) is 4.98 Å². The Morgan fingerprint density at radius 2 is 2.07 bits per heavy atom. The first kappa shape index (κ1) is 16.3. The summed E-state index contributed by atoms with van der Waals surface area (Å²) in [7, 11) is 0. The Kier molecular flexibility index (Phi) is 4.01. The van der Waals surface area contributed by atoms with Crippen LogP contribution < -0.4 is 16.0 Å². The minimum Gasteiger partial charge on any atom is -0.366 e. The molecule has 5 rings (SSSR count). The minimum absolute atomic E-state index is 0.0760. The number of nitrogens with one attached hydrogen (secondary N) is 3. The number of carbonyl (C=O) groups is 1. The fourth-order valence-corrected chi connectivity index (χ4v) is 4.01. The van der Waals surface area contributed by atoms with Crippen LogP contribution in [-0.4, -0.2) is 45.6 Å². The van der Waals surface area contributed by atoms with Crippen molar-refractivity contribution in [2.75, 3.05) is 18.4 Å². The van der Waals surface area contributed by atoms with Crippen molar-refractivity contribution in [2.24, 2.45) is 0 Å². The molecule has 2 aliphatic heterocycles. The van der Waals surface area contributed by atoms with Crippen LogP contribution in [0.25, 0.3) is 22.3 Å². The van der Waals surface area contributed by atoms with Crippen LogP contribution in [0.1, 0.15) is 12.8 Å². The number of benzene rings is 1. The van der Waals surface area contributed by atoms with Crippen LogP contribution in [0.3, 0.4) is 0 Å². The van der Waals surface area contributed by atoms with E-state index in [0.717, 1.165) is 54.0 Å². The number of carbonyl (C=O) groups excluding carboxylic acids is 1. The van der Waals surface area contributed by atoms with Crippen LogP contribution >= 0.6 is 0 Å². The summed E-state index contributed by atoms with van der Waals surface area (Å²) in [5.41, 5.74) is 4.06. The summed E-state index contributed by atoms with van der Waals surface area (Å²) < 4.78 is 2.16. The molecule has 1 fully saturated rings. The van der Waals surface area contributed by atoms with Crippen LogP contribution in [0, 0.1) is 0 Å². The molecule has 0 saturated carbocycles. The third-order valence-corrected chi connectivity index (χ3v) is 5.34. The smallest absolute Gasteiger partial charge is 0.237 e. The van der Waals surface area contributed by atoms with Crippen LogP contribution in [0.15, 0.2) is 42.7 Å². The van der Waals surface area contributed by atoms with Crippen molar-refractivity contribution in [2.45, 2.75) is 31.5 Å². The molecule has 1 saturated heterocycles. The topological polar surface area (TPSA) is 83.9 Å². The first-order chi connectivity index (χ1) is 13.3.